The molecule has 18 heavy (non-hydrogen) atoms. The van der Waals surface area contributed by atoms with Gasteiger partial charge in [-0.05, 0) is 20.8 Å². The summed E-state index contributed by atoms with van der Waals surface area (Å²) in [5, 5.41) is 11.8. The van der Waals surface area contributed by atoms with Crippen LogP contribution in [0, 0.1) is 6.92 Å². The fraction of sp³-hybridized carbons (Fsp3) is 0.667. The van der Waals surface area contributed by atoms with Crippen LogP contribution >= 0.6 is 22.9 Å². The Hall–Kier alpha value is -0.710. The monoisotopic (exact) mass is 384 g/mol. The number of rotatable bonds is 2. The van der Waals surface area contributed by atoms with Gasteiger partial charge in [0.1, 0.15) is 39.9 Å². The summed E-state index contributed by atoms with van der Waals surface area (Å²) in [6, 6.07) is 0. The fourth-order valence-electron chi connectivity index (χ4n) is 1.54. The van der Waals surface area contributed by atoms with Crippen LogP contribution in [-0.2, 0) is 20.4 Å². The van der Waals surface area contributed by atoms with Gasteiger partial charge in [0.2, 0.25) is 9.84 Å². The summed E-state index contributed by atoms with van der Waals surface area (Å²) >= 11 is 1.88. The zero-order valence-electron chi connectivity index (χ0n) is 10.2. The maximum atomic E-state index is 12.2. The minimum absolute atomic E-state index is 0.0786. The maximum absolute atomic E-state index is 12.2. The summed E-state index contributed by atoms with van der Waals surface area (Å²) < 4.78 is 25.7. The first kappa shape index (κ1) is 13.7. The van der Waals surface area contributed by atoms with Gasteiger partial charge >= 0.3 is 0 Å². The highest BCUT2D eigenvalue weighted by atomic mass is 127. The molecule has 0 atom stereocenters. The third-order valence-electron chi connectivity index (χ3n) is 2.51. The van der Waals surface area contributed by atoms with E-state index in [1.54, 1.807) is 20.8 Å². The molecule has 0 N–H and O–H groups in total. The molecular formula is C9H13IN4O3S. The van der Waals surface area contributed by atoms with Gasteiger partial charge in [0.15, 0.2) is 5.04 Å². The quantitative estimate of drug-likeness (QED) is 0.716. The molecule has 7 nitrogen and oxygen atoms in total. The molecule has 2 heterocycles. The van der Waals surface area contributed by atoms with Crippen molar-refractivity contribution in [2.45, 2.75) is 38.5 Å². The van der Waals surface area contributed by atoms with Gasteiger partial charge in [-0.3, -0.25) is 0 Å². The van der Waals surface area contributed by atoms with E-state index >= 15 is 0 Å². The van der Waals surface area contributed by atoms with Crippen LogP contribution in [0.4, 0.5) is 0 Å². The van der Waals surface area contributed by atoms with E-state index in [0.29, 0.717) is 11.4 Å². The second kappa shape index (κ2) is 4.44. The molecule has 1 aliphatic rings. The molecule has 0 aliphatic carbocycles. The molecule has 0 saturated heterocycles. The molecule has 0 saturated carbocycles. The predicted molar refractivity (Wildman–Crippen MR) is 74.0 cm³/mol. The van der Waals surface area contributed by atoms with E-state index < -0.39 is 15.4 Å². The van der Waals surface area contributed by atoms with Crippen LogP contribution in [0.5, 0.6) is 0 Å². The van der Waals surface area contributed by atoms with Crippen molar-refractivity contribution < 1.29 is 13.3 Å². The highest BCUT2D eigenvalue weighted by Crippen LogP contribution is 2.26. The van der Waals surface area contributed by atoms with Gasteiger partial charge in [0, 0.05) is 6.42 Å². The van der Waals surface area contributed by atoms with E-state index in [9.17, 15) is 8.42 Å². The Labute approximate surface area is 119 Å². The molecule has 1 aromatic rings. The van der Waals surface area contributed by atoms with Gasteiger partial charge in [-0.1, -0.05) is 5.16 Å². The lowest BCUT2D eigenvalue weighted by molar-refractivity contribution is 0.0123. The Morgan fingerprint density at radius 3 is 2.56 bits per heavy atom. The molecule has 0 unspecified atom stereocenters. The molecule has 0 radical (unpaired) electrons. The lowest BCUT2D eigenvalue weighted by atomic mass is 10.1. The number of sulfone groups is 1. The summed E-state index contributed by atoms with van der Waals surface area (Å²) in [6.07, 6.45) is 0.284. The first-order valence-corrected chi connectivity index (χ1v) is 7.88. The third-order valence-corrected chi connectivity index (χ3v) is 4.53. The van der Waals surface area contributed by atoms with Gasteiger partial charge in [-0.2, -0.15) is 0 Å². The number of hydrogen-bond donors (Lipinski definition) is 0. The number of hydrogen-bond acceptors (Lipinski definition) is 6. The molecule has 0 fully saturated rings. The second-order valence-corrected chi connectivity index (χ2v) is 7.60. The summed E-state index contributed by atoms with van der Waals surface area (Å²) in [7, 11) is -3.49. The zero-order chi connectivity index (χ0) is 13.6. The fourth-order valence-corrected chi connectivity index (χ4v) is 3.64. The summed E-state index contributed by atoms with van der Waals surface area (Å²) in [6.45, 7) is 5.32. The highest BCUT2D eigenvalue weighted by molar-refractivity contribution is 14.1. The minimum Gasteiger partial charge on any atom is -0.389 e. The Morgan fingerprint density at radius 1 is 1.44 bits per heavy atom. The molecule has 0 spiro atoms. The van der Waals surface area contributed by atoms with E-state index in [1.165, 1.54) is 3.01 Å². The average molecular weight is 384 g/mol. The van der Waals surface area contributed by atoms with Crippen molar-refractivity contribution in [2.24, 2.45) is 5.16 Å². The van der Waals surface area contributed by atoms with Crippen molar-refractivity contribution in [1.82, 2.24) is 13.2 Å². The van der Waals surface area contributed by atoms with Gasteiger partial charge in [0.25, 0.3) is 0 Å². The van der Waals surface area contributed by atoms with Crippen LogP contribution in [0.3, 0.4) is 0 Å². The first-order chi connectivity index (χ1) is 8.20. The Kier molecular flexibility index (Phi) is 3.38. The van der Waals surface area contributed by atoms with E-state index in [1.807, 2.05) is 22.9 Å². The molecule has 1 aliphatic heterocycles. The van der Waals surface area contributed by atoms with Gasteiger partial charge in [-0.15, -0.1) is 13.2 Å². The van der Waals surface area contributed by atoms with Crippen molar-refractivity contribution in [3.8, 4) is 0 Å². The minimum atomic E-state index is -3.49. The number of aryl methyl sites for hydroxylation is 1. The summed E-state index contributed by atoms with van der Waals surface area (Å²) in [5.74, 6) is -0.194. The van der Waals surface area contributed by atoms with Crippen molar-refractivity contribution in [3.05, 3.63) is 11.4 Å². The standard InChI is InChI=1S/C9H13IN4O3S/c1-6-7(12-14(10)11-6)5-18(15,16)8-4-9(2,3)17-13-8/h4-5H2,1-3H3. The number of nitrogens with zero attached hydrogens (tertiary/aromatic N) is 4. The summed E-state index contributed by atoms with van der Waals surface area (Å²) in [5.41, 5.74) is 0.488. The van der Waals surface area contributed by atoms with Crippen LogP contribution in [-0.4, -0.2) is 32.3 Å². The molecule has 100 valence electrons. The molecular weight excluding hydrogens is 371 g/mol. The second-order valence-electron chi connectivity index (χ2n) is 4.74. The Morgan fingerprint density at radius 2 is 2.11 bits per heavy atom. The van der Waals surface area contributed by atoms with Crippen molar-refractivity contribution >= 4 is 37.7 Å². The van der Waals surface area contributed by atoms with E-state index in [0.717, 1.165) is 0 Å². The van der Waals surface area contributed by atoms with Crippen molar-refractivity contribution in [1.29, 1.82) is 0 Å². The molecule has 0 aromatic carbocycles. The molecule has 2 rings (SSSR count). The molecule has 1 aromatic heterocycles. The van der Waals surface area contributed by atoms with Crippen LogP contribution in [0.1, 0.15) is 31.7 Å². The van der Waals surface area contributed by atoms with Crippen LogP contribution in [0.25, 0.3) is 0 Å². The molecule has 9 heteroatoms. The SMILES string of the molecule is Cc1nn(I)nc1CS(=O)(=O)C1=NOC(C)(C)C1. The van der Waals surface area contributed by atoms with Crippen LogP contribution < -0.4 is 0 Å². The Bertz CT molecular complexity index is 605. The average Bonchev–Trinajstić information content (AvgIpc) is 2.70. The highest BCUT2D eigenvalue weighted by Gasteiger charge is 2.36. The van der Waals surface area contributed by atoms with E-state index in [-0.39, 0.29) is 17.2 Å². The lowest BCUT2D eigenvalue weighted by Gasteiger charge is -2.13. The van der Waals surface area contributed by atoms with Crippen molar-refractivity contribution in [2.75, 3.05) is 0 Å². The summed E-state index contributed by atoms with van der Waals surface area (Å²) in [4.78, 5) is 5.08. The lowest BCUT2D eigenvalue weighted by Crippen LogP contribution is -2.23. The van der Waals surface area contributed by atoms with E-state index in [2.05, 4.69) is 15.4 Å². The number of oxime groups is 1. The van der Waals surface area contributed by atoms with Crippen LogP contribution in [0.2, 0.25) is 0 Å². The van der Waals surface area contributed by atoms with Gasteiger partial charge < -0.3 is 4.84 Å². The normalized spacial score (nSPS) is 18.6. The zero-order valence-corrected chi connectivity index (χ0v) is 13.2. The Balaban J connectivity index is 2.21. The van der Waals surface area contributed by atoms with Gasteiger partial charge in [0.05, 0.1) is 5.69 Å². The number of halogens is 1. The van der Waals surface area contributed by atoms with Crippen molar-refractivity contribution in [3.63, 3.8) is 0 Å². The third kappa shape index (κ3) is 2.82. The topological polar surface area (TPSA) is 86.4 Å². The predicted octanol–water partition coefficient (Wildman–Crippen LogP) is 1.21. The molecule has 0 amide bonds. The molecule has 0 bridgehead atoms. The van der Waals surface area contributed by atoms with Gasteiger partial charge in [-0.25, -0.2) is 8.42 Å². The van der Waals surface area contributed by atoms with Crippen LogP contribution in [0.15, 0.2) is 5.16 Å². The van der Waals surface area contributed by atoms with E-state index in [4.69, 9.17) is 4.84 Å². The first-order valence-electron chi connectivity index (χ1n) is 5.26. The largest absolute Gasteiger partial charge is 0.389 e. The maximum Gasteiger partial charge on any atom is 0.200 e. The smallest absolute Gasteiger partial charge is 0.200 e. The number of aromatic nitrogens is 3.